The average molecular weight is 342 g/mol. The highest BCUT2D eigenvalue weighted by Gasteiger charge is 2.36. The molecule has 1 aliphatic carbocycles. The Morgan fingerprint density at radius 2 is 2.11 bits per heavy atom. The minimum absolute atomic E-state index is 0.405. The Balaban J connectivity index is 1.66. The van der Waals surface area contributed by atoms with Crippen LogP contribution in [0.3, 0.4) is 0 Å². The molecule has 1 aromatic carbocycles. The fourth-order valence-corrected chi connectivity index (χ4v) is 4.25. The minimum Gasteiger partial charge on any atom is -0.388 e. The Morgan fingerprint density at radius 3 is 2.68 bits per heavy atom. The van der Waals surface area contributed by atoms with Crippen LogP contribution in [-0.4, -0.2) is 28.8 Å². The lowest BCUT2D eigenvalue weighted by molar-refractivity contribution is 0.0636. The summed E-state index contributed by atoms with van der Waals surface area (Å²) in [5.74, 6) is 2.71. The van der Waals surface area contributed by atoms with Gasteiger partial charge in [-0.1, -0.05) is 28.1 Å². The van der Waals surface area contributed by atoms with E-state index in [9.17, 15) is 5.11 Å². The maximum absolute atomic E-state index is 10.4. The highest BCUT2D eigenvalue weighted by molar-refractivity contribution is 9.10. The van der Waals surface area contributed by atoms with Gasteiger partial charge in [0.2, 0.25) is 0 Å². The molecule has 104 valence electrons. The Morgan fingerprint density at radius 1 is 1.37 bits per heavy atom. The first-order valence-electron chi connectivity index (χ1n) is 6.95. The van der Waals surface area contributed by atoms with Crippen LogP contribution < -0.4 is 5.32 Å². The Labute approximate surface area is 127 Å². The van der Waals surface area contributed by atoms with E-state index in [1.165, 1.54) is 18.4 Å². The maximum Gasteiger partial charge on any atom is 0.0869 e. The quantitative estimate of drug-likeness (QED) is 0.861. The molecule has 19 heavy (non-hydrogen) atoms. The molecule has 0 bridgehead atoms. The van der Waals surface area contributed by atoms with Crippen molar-refractivity contribution in [3.05, 3.63) is 34.3 Å². The van der Waals surface area contributed by atoms with E-state index in [0.717, 1.165) is 34.9 Å². The highest BCUT2D eigenvalue weighted by atomic mass is 79.9. The fraction of sp³-hybridized carbons (Fsp3) is 0.600. The minimum atomic E-state index is -0.493. The maximum atomic E-state index is 10.4. The molecule has 1 aliphatic heterocycles. The van der Waals surface area contributed by atoms with E-state index in [2.05, 4.69) is 45.5 Å². The summed E-state index contributed by atoms with van der Waals surface area (Å²) in [5.41, 5.74) is 0.854. The van der Waals surface area contributed by atoms with Gasteiger partial charge in [-0.2, -0.15) is 11.8 Å². The Bertz CT molecular complexity index is 426. The molecule has 0 radical (unpaired) electrons. The molecule has 2 N–H and O–H groups in total. The van der Waals surface area contributed by atoms with Crippen molar-refractivity contribution in [3.8, 4) is 0 Å². The van der Waals surface area contributed by atoms with Gasteiger partial charge in [0, 0.05) is 22.8 Å². The first-order valence-corrected chi connectivity index (χ1v) is 8.90. The molecule has 0 amide bonds. The lowest BCUT2D eigenvalue weighted by Crippen LogP contribution is -2.42. The van der Waals surface area contributed by atoms with Crippen LogP contribution in [0.4, 0.5) is 0 Å². The van der Waals surface area contributed by atoms with Crippen molar-refractivity contribution in [1.82, 2.24) is 5.32 Å². The topological polar surface area (TPSA) is 32.3 Å². The SMILES string of the molecule is OC1(CNC(c2ccc(Br)cc2)C2CC2)CCSC1. The van der Waals surface area contributed by atoms with Gasteiger partial charge in [0.15, 0.2) is 0 Å². The summed E-state index contributed by atoms with van der Waals surface area (Å²) in [5, 5.41) is 14.1. The Kier molecular flexibility index (Phi) is 4.22. The van der Waals surface area contributed by atoms with Crippen molar-refractivity contribution in [2.45, 2.75) is 30.9 Å². The first-order chi connectivity index (χ1) is 9.16. The molecule has 1 saturated carbocycles. The second kappa shape index (κ2) is 5.76. The monoisotopic (exact) mass is 341 g/mol. The van der Waals surface area contributed by atoms with Gasteiger partial charge < -0.3 is 10.4 Å². The van der Waals surface area contributed by atoms with Crippen LogP contribution in [0.2, 0.25) is 0 Å². The predicted molar refractivity (Wildman–Crippen MR) is 84.5 cm³/mol. The van der Waals surface area contributed by atoms with E-state index in [-0.39, 0.29) is 0 Å². The zero-order chi connectivity index (χ0) is 13.3. The summed E-state index contributed by atoms with van der Waals surface area (Å²) in [6.07, 6.45) is 3.53. The van der Waals surface area contributed by atoms with Crippen LogP contribution in [0.25, 0.3) is 0 Å². The van der Waals surface area contributed by atoms with E-state index >= 15 is 0 Å². The van der Waals surface area contributed by atoms with Crippen molar-refractivity contribution in [1.29, 1.82) is 0 Å². The van der Waals surface area contributed by atoms with Crippen molar-refractivity contribution in [2.75, 3.05) is 18.1 Å². The normalized spacial score (nSPS) is 28.5. The third-order valence-electron chi connectivity index (χ3n) is 4.06. The second-order valence-electron chi connectivity index (χ2n) is 5.77. The Hall–Kier alpha value is -0.0300. The summed E-state index contributed by atoms with van der Waals surface area (Å²) in [4.78, 5) is 0. The van der Waals surface area contributed by atoms with Gasteiger partial charge >= 0.3 is 0 Å². The first kappa shape index (κ1) is 13.9. The zero-order valence-corrected chi connectivity index (χ0v) is 13.3. The predicted octanol–water partition coefficient (Wildman–Crippen LogP) is 3.36. The fourth-order valence-electron chi connectivity index (χ4n) is 2.69. The van der Waals surface area contributed by atoms with Gasteiger partial charge in [-0.15, -0.1) is 0 Å². The summed E-state index contributed by atoms with van der Waals surface area (Å²) < 4.78 is 1.12. The number of hydrogen-bond acceptors (Lipinski definition) is 3. The highest BCUT2D eigenvalue weighted by Crippen LogP contribution is 2.41. The van der Waals surface area contributed by atoms with Gasteiger partial charge in [0.1, 0.15) is 0 Å². The molecule has 2 unspecified atom stereocenters. The average Bonchev–Trinajstić information content (AvgIpc) is 3.14. The zero-order valence-electron chi connectivity index (χ0n) is 10.9. The number of rotatable bonds is 5. The lowest BCUT2D eigenvalue weighted by Gasteiger charge is -2.26. The van der Waals surface area contributed by atoms with Crippen LogP contribution in [0.15, 0.2) is 28.7 Å². The van der Waals surface area contributed by atoms with Crippen LogP contribution in [0.5, 0.6) is 0 Å². The van der Waals surface area contributed by atoms with Crippen molar-refractivity contribution in [3.63, 3.8) is 0 Å². The van der Waals surface area contributed by atoms with Gasteiger partial charge in [0.25, 0.3) is 0 Å². The van der Waals surface area contributed by atoms with Gasteiger partial charge in [-0.25, -0.2) is 0 Å². The smallest absolute Gasteiger partial charge is 0.0869 e. The summed E-state index contributed by atoms with van der Waals surface area (Å²) in [7, 11) is 0. The number of nitrogens with one attached hydrogen (secondary N) is 1. The second-order valence-corrected chi connectivity index (χ2v) is 7.80. The van der Waals surface area contributed by atoms with Gasteiger partial charge in [-0.05, 0) is 48.6 Å². The molecule has 1 heterocycles. The molecule has 2 nitrogen and oxygen atoms in total. The number of halogens is 1. The van der Waals surface area contributed by atoms with Gasteiger partial charge in [-0.3, -0.25) is 0 Å². The largest absolute Gasteiger partial charge is 0.388 e. The summed E-state index contributed by atoms with van der Waals surface area (Å²) in [6, 6.07) is 8.99. The lowest BCUT2D eigenvalue weighted by atomic mass is 9.99. The standard InChI is InChI=1S/C15H20BrNOS/c16-13-5-3-12(4-6-13)14(11-1-2-11)17-9-15(18)7-8-19-10-15/h3-6,11,14,17-18H,1-2,7-10H2. The van der Waals surface area contributed by atoms with E-state index in [4.69, 9.17) is 0 Å². The van der Waals surface area contributed by atoms with Crippen molar-refractivity contribution < 1.29 is 5.11 Å². The van der Waals surface area contributed by atoms with E-state index < -0.39 is 5.60 Å². The molecule has 3 rings (SSSR count). The molecular formula is C15H20BrNOS. The van der Waals surface area contributed by atoms with Crippen molar-refractivity contribution >= 4 is 27.7 Å². The third kappa shape index (κ3) is 3.54. The number of thioether (sulfide) groups is 1. The third-order valence-corrected chi connectivity index (χ3v) is 5.82. The summed E-state index contributed by atoms with van der Waals surface area (Å²) in [6.45, 7) is 0.719. The van der Waals surface area contributed by atoms with Gasteiger partial charge in [0.05, 0.1) is 5.60 Å². The van der Waals surface area contributed by atoms with Crippen LogP contribution >= 0.6 is 27.7 Å². The van der Waals surface area contributed by atoms with E-state index in [1.54, 1.807) is 0 Å². The molecule has 4 heteroatoms. The molecule has 2 aliphatic rings. The summed E-state index contributed by atoms with van der Waals surface area (Å²) >= 11 is 5.34. The molecule has 1 saturated heterocycles. The number of benzene rings is 1. The van der Waals surface area contributed by atoms with Crippen LogP contribution in [0.1, 0.15) is 30.9 Å². The van der Waals surface area contributed by atoms with E-state index in [0.29, 0.717) is 6.04 Å². The van der Waals surface area contributed by atoms with Crippen LogP contribution in [-0.2, 0) is 0 Å². The van der Waals surface area contributed by atoms with Crippen molar-refractivity contribution in [2.24, 2.45) is 5.92 Å². The van der Waals surface area contributed by atoms with Crippen LogP contribution in [0, 0.1) is 5.92 Å². The molecule has 2 atom stereocenters. The number of aliphatic hydroxyl groups is 1. The van der Waals surface area contributed by atoms with E-state index in [1.807, 2.05) is 11.8 Å². The molecule has 1 aromatic rings. The number of hydrogen-bond donors (Lipinski definition) is 2. The molecule has 0 spiro atoms. The molecular weight excluding hydrogens is 322 g/mol. The molecule has 2 fully saturated rings. The molecule has 0 aromatic heterocycles.